The summed E-state index contributed by atoms with van der Waals surface area (Å²) < 4.78 is 1.80. The summed E-state index contributed by atoms with van der Waals surface area (Å²) in [6.07, 6.45) is 1.77. The molecule has 1 unspecified atom stereocenters. The number of carboxylic acid groups (broad SMARTS) is 1. The third-order valence-corrected chi connectivity index (χ3v) is 2.94. The smallest absolute Gasteiger partial charge is 0.310 e. The van der Waals surface area contributed by atoms with Crippen LogP contribution >= 0.6 is 11.6 Å². The summed E-state index contributed by atoms with van der Waals surface area (Å²) in [6, 6.07) is 3.55. The first-order valence-corrected chi connectivity index (χ1v) is 5.25. The quantitative estimate of drug-likeness (QED) is 0.875. The summed E-state index contributed by atoms with van der Waals surface area (Å²) in [6.45, 7) is 3.48. The molecule has 0 amide bonds. The average molecular weight is 239 g/mol. The number of hydrogen-bond acceptors (Lipinski definition) is 2. The predicted molar refractivity (Wildman–Crippen MR) is 61.0 cm³/mol. The summed E-state index contributed by atoms with van der Waals surface area (Å²) in [4.78, 5) is 15.0. The van der Waals surface area contributed by atoms with Crippen molar-refractivity contribution in [1.29, 1.82) is 0 Å². The van der Waals surface area contributed by atoms with E-state index >= 15 is 0 Å². The van der Waals surface area contributed by atoms with Crippen LogP contribution in [0.3, 0.4) is 0 Å². The molecule has 0 aliphatic heterocycles. The number of carbonyl (C=O) groups is 1. The molecule has 0 fully saturated rings. The maximum Gasteiger partial charge on any atom is 0.310 e. The molecule has 0 radical (unpaired) electrons. The van der Waals surface area contributed by atoms with Crippen LogP contribution in [0.5, 0.6) is 0 Å². The monoisotopic (exact) mass is 238 g/mol. The fraction of sp³-hybridized carbons (Fsp3) is 0.273. The Morgan fingerprint density at radius 3 is 2.88 bits per heavy atom. The molecule has 2 rings (SSSR count). The van der Waals surface area contributed by atoms with Crippen molar-refractivity contribution in [2.45, 2.75) is 19.8 Å². The van der Waals surface area contributed by atoms with E-state index in [1.54, 1.807) is 29.7 Å². The second kappa shape index (κ2) is 3.79. The number of nitrogens with zero attached hydrogens (tertiary/aromatic N) is 2. The fourth-order valence-electron chi connectivity index (χ4n) is 1.60. The molecule has 2 aromatic rings. The van der Waals surface area contributed by atoms with Gasteiger partial charge in [0.15, 0.2) is 5.15 Å². The summed E-state index contributed by atoms with van der Waals surface area (Å²) in [7, 11) is 0. The zero-order chi connectivity index (χ0) is 11.9. The molecule has 0 saturated carbocycles. The molecule has 0 bridgehead atoms. The van der Waals surface area contributed by atoms with Gasteiger partial charge in [0.05, 0.1) is 11.4 Å². The number of aliphatic carboxylic acids is 1. The SMILES string of the molecule is Cc1nc(Cl)c2ccc(C(C)C(=O)O)cn12. The van der Waals surface area contributed by atoms with E-state index in [1.807, 2.05) is 6.92 Å². The Bertz CT molecular complexity index is 562. The number of hydrogen-bond donors (Lipinski definition) is 1. The van der Waals surface area contributed by atoms with Crippen LogP contribution in [0.4, 0.5) is 0 Å². The number of carboxylic acids is 1. The lowest BCUT2D eigenvalue weighted by Gasteiger charge is -2.07. The minimum Gasteiger partial charge on any atom is -0.481 e. The molecule has 1 atom stereocenters. The Balaban J connectivity index is 2.60. The first kappa shape index (κ1) is 11.0. The number of halogens is 1. The van der Waals surface area contributed by atoms with Crippen molar-refractivity contribution in [1.82, 2.24) is 9.38 Å². The lowest BCUT2D eigenvalue weighted by Crippen LogP contribution is -2.08. The maximum absolute atomic E-state index is 10.9. The molecule has 1 N–H and O–H groups in total. The van der Waals surface area contributed by atoms with Crippen LogP contribution in [0.2, 0.25) is 5.15 Å². The van der Waals surface area contributed by atoms with Crippen molar-refractivity contribution < 1.29 is 9.90 Å². The van der Waals surface area contributed by atoms with E-state index in [0.717, 1.165) is 16.9 Å². The van der Waals surface area contributed by atoms with Gasteiger partial charge >= 0.3 is 5.97 Å². The summed E-state index contributed by atoms with van der Waals surface area (Å²) in [5.74, 6) is -0.632. The van der Waals surface area contributed by atoms with Crippen LogP contribution in [0.1, 0.15) is 24.2 Å². The van der Waals surface area contributed by atoms with Gasteiger partial charge in [-0.3, -0.25) is 4.79 Å². The Hall–Kier alpha value is -1.55. The molecule has 4 nitrogen and oxygen atoms in total. The standard InChI is InChI=1S/C11H11ClN2O2/c1-6(11(15)16)8-3-4-9-10(12)13-7(2)14(9)5-8/h3-6H,1-2H3,(H,15,16). The first-order valence-electron chi connectivity index (χ1n) is 4.87. The van der Waals surface area contributed by atoms with Gasteiger partial charge in [-0.25, -0.2) is 4.98 Å². The van der Waals surface area contributed by atoms with Gasteiger partial charge in [-0.05, 0) is 25.5 Å². The molecular formula is C11H11ClN2O2. The number of rotatable bonds is 2. The summed E-state index contributed by atoms with van der Waals surface area (Å²) in [5, 5.41) is 9.37. The van der Waals surface area contributed by atoms with Crippen LogP contribution in [-0.4, -0.2) is 20.5 Å². The molecule has 5 heteroatoms. The zero-order valence-corrected chi connectivity index (χ0v) is 9.69. The first-order chi connectivity index (χ1) is 7.50. The van der Waals surface area contributed by atoms with Crippen molar-refractivity contribution in [3.8, 4) is 0 Å². The maximum atomic E-state index is 10.9. The molecule has 0 saturated heterocycles. The highest BCUT2D eigenvalue weighted by molar-refractivity contribution is 6.32. The third kappa shape index (κ3) is 1.65. The second-order valence-corrected chi connectivity index (χ2v) is 4.09. The van der Waals surface area contributed by atoms with Crippen molar-refractivity contribution >= 4 is 23.1 Å². The van der Waals surface area contributed by atoms with Crippen LogP contribution in [-0.2, 0) is 4.79 Å². The van der Waals surface area contributed by atoms with E-state index < -0.39 is 11.9 Å². The third-order valence-electron chi connectivity index (χ3n) is 2.66. The Kier molecular flexibility index (Phi) is 2.59. The van der Waals surface area contributed by atoms with E-state index in [-0.39, 0.29) is 0 Å². The van der Waals surface area contributed by atoms with Crippen molar-refractivity contribution in [2.24, 2.45) is 0 Å². The van der Waals surface area contributed by atoms with Gasteiger partial charge in [-0.1, -0.05) is 17.7 Å². The zero-order valence-electron chi connectivity index (χ0n) is 8.94. The van der Waals surface area contributed by atoms with Crippen molar-refractivity contribution in [2.75, 3.05) is 0 Å². The minimum atomic E-state index is -0.844. The molecular weight excluding hydrogens is 228 g/mol. The van der Waals surface area contributed by atoms with Gasteiger partial charge in [0.2, 0.25) is 0 Å². The second-order valence-electron chi connectivity index (χ2n) is 3.73. The predicted octanol–water partition coefficient (Wildman–Crippen LogP) is 2.48. The number of aromatic nitrogens is 2. The molecule has 2 aromatic heterocycles. The van der Waals surface area contributed by atoms with Crippen LogP contribution < -0.4 is 0 Å². The molecule has 16 heavy (non-hydrogen) atoms. The average Bonchev–Trinajstić information content (AvgIpc) is 2.53. The minimum absolute atomic E-state index is 0.437. The Morgan fingerprint density at radius 2 is 2.25 bits per heavy atom. The Morgan fingerprint density at radius 1 is 1.56 bits per heavy atom. The van der Waals surface area contributed by atoms with E-state index in [0.29, 0.717) is 5.15 Å². The lowest BCUT2D eigenvalue weighted by molar-refractivity contribution is -0.138. The lowest BCUT2D eigenvalue weighted by atomic mass is 10.0. The van der Waals surface area contributed by atoms with Gasteiger partial charge in [0.1, 0.15) is 5.82 Å². The number of aryl methyl sites for hydroxylation is 1. The molecule has 0 aliphatic carbocycles. The largest absolute Gasteiger partial charge is 0.481 e. The van der Waals surface area contributed by atoms with E-state index in [9.17, 15) is 4.79 Å². The molecule has 0 spiro atoms. The van der Waals surface area contributed by atoms with Crippen molar-refractivity contribution in [3.63, 3.8) is 0 Å². The number of imidazole rings is 1. The topological polar surface area (TPSA) is 54.6 Å². The molecule has 2 heterocycles. The summed E-state index contributed by atoms with van der Waals surface area (Å²) >= 11 is 5.92. The highest BCUT2D eigenvalue weighted by atomic mass is 35.5. The van der Waals surface area contributed by atoms with Gasteiger partial charge in [-0.15, -0.1) is 0 Å². The van der Waals surface area contributed by atoms with Gasteiger partial charge < -0.3 is 9.51 Å². The van der Waals surface area contributed by atoms with Crippen LogP contribution in [0.25, 0.3) is 5.52 Å². The van der Waals surface area contributed by atoms with Gasteiger partial charge in [0.25, 0.3) is 0 Å². The number of pyridine rings is 1. The van der Waals surface area contributed by atoms with Gasteiger partial charge in [-0.2, -0.15) is 0 Å². The fourth-order valence-corrected chi connectivity index (χ4v) is 1.88. The van der Waals surface area contributed by atoms with Gasteiger partial charge in [0, 0.05) is 6.20 Å². The van der Waals surface area contributed by atoms with Crippen LogP contribution in [0, 0.1) is 6.92 Å². The van der Waals surface area contributed by atoms with E-state index in [2.05, 4.69) is 4.98 Å². The van der Waals surface area contributed by atoms with E-state index in [1.165, 1.54) is 0 Å². The normalized spacial score (nSPS) is 12.9. The molecule has 0 aromatic carbocycles. The highest BCUT2D eigenvalue weighted by Gasteiger charge is 2.15. The highest BCUT2D eigenvalue weighted by Crippen LogP contribution is 2.22. The molecule has 0 aliphatic rings. The summed E-state index contributed by atoms with van der Waals surface area (Å²) in [5.41, 5.74) is 1.53. The number of fused-ring (bicyclic) bond motifs is 1. The van der Waals surface area contributed by atoms with E-state index in [4.69, 9.17) is 16.7 Å². The Labute approximate surface area is 97.5 Å². The van der Waals surface area contributed by atoms with Crippen molar-refractivity contribution in [3.05, 3.63) is 34.9 Å². The molecule has 84 valence electrons. The van der Waals surface area contributed by atoms with Crippen LogP contribution in [0.15, 0.2) is 18.3 Å².